The maximum absolute atomic E-state index is 12.3. The molecular weight excluding hydrogens is 316 g/mol. The van der Waals surface area contributed by atoms with Crippen LogP contribution < -0.4 is 5.32 Å². The number of anilines is 1. The fraction of sp³-hybridized carbons (Fsp3) is 0.250. The first-order valence-corrected chi connectivity index (χ1v) is 7.91. The lowest BCUT2D eigenvalue weighted by Gasteiger charge is -2.17. The number of nitrogens with one attached hydrogen (secondary N) is 1. The molecule has 2 aromatic carbocycles. The van der Waals surface area contributed by atoms with Gasteiger partial charge in [0.15, 0.2) is 6.10 Å². The van der Waals surface area contributed by atoms with Crippen molar-refractivity contribution < 1.29 is 14.3 Å². The first-order chi connectivity index (χ1) is 11.8. The van der Waals surface area contributed by atoms with Crippen LogP contribution in [0, 0.1) is 32.1 Å². The normalized spacial score (nSPS) is 11.3. The molecule has 0 aliphatic carbocycles. The highest BCUT2D eigenvalue weighted by molar-refractivity contribution is 5.98. The van der Waals surface area contributed by atoms with Gasteiger partial charge in [-0.25, -0.2) is 4.79 Å². The van der Waals surface area contributed by atoms with Crippen molar-refractivity contribution in [2.24, 2.45) is 0 Å². The molecule has 1 amide bonds. The Morgan fingerprint density at radius 2 is 1.64 bits per heavy atom. The van der Waals surface area contributed by atoms with E-state index < -0.39 is 18.0 Å². The molecule has 0 heterocycles. The van der Waals surface area contributed by atoms with Crippen LogP contribution in [-0.4, -0.2) is 18.0 Å². The zero-order valence-corrected chi connectivity index (χ0v) is 14.7. The number of esters is 1. The summed E-state index contributed by atoms with van der Waals surface area (Å²) in [4.78, 5) is 24.4. The van der Waals surface area contributed by atoms with Gasteiger partial charge in [0.05, 0.1) is 17.2 Å². The molecule has 0 saturated carbocycles. The lowest BCUT2D eigenvalue weighted by Crippen LogP contribution is -2.30. The SMILES string of the molecule is Cc1cc(C)c(NC(=O)[C@H](C)OC(=O)c2ccc(C#N)cc2)c(C)c1. The molecule has 0 spiro atoms. The van der Waals surface area contributed by atoms with Gasteiger partial charge in [-0.2, -0.15) is 5.26 Å². The quantitative estimate of drug-likeness (QED) is 0.864. The number of hydrogen-bond donors (Lipinski definition) is 1. The van der Waals surface area contributed by atoms with Crippen LogP contribution in [0.4, 0.5) is 5.69 Å². The lowest BCUT2D eigenvalue weighted by molar-refractivity contribution is -0.123. The Balaban J connectivity index is 2.05. The third kappa shape index (κ3) is 4.45. The van der Waals surface area contributed by atoms with Gasteiger partial charge in [0, 0.05) is 5.69 Å². The number of rotatable bonds is 4. The average Bonchev–Trinajstić information content (AvgIpc) is 2.57. The van der Waals surface area contributed by atoms with Crippen LogP contribution in [0.3, 0.4) is 0 Å². The van der Waals surface area contributed by atoms with Crippen molar-refractivity contribution in [1.29, 1.82) is 5.26 Å². The van der Waals surface area contributed by atoms with Crippen LogP contribution in [-0.2, 0) is 9.53 Å². The van der Waals surface area contributed by atoms with Gasteiger partial charge in [0.2, 0.25) is 0 Å². The second-order valence-electron chi connectivity index (χ2n) is 6.00. The first-order valence-electron chi connectivity index (χ1n) is 7.91. The minimum atomic E-state index is -0.941. The number of carbonyl (C=O) groups is 2. The lowest BCUT2D eigenvalue weighted by atomic mass is 10.0. The summed E-state index contributed by atoms with van der Waals surface area (Å²) >= 11 is 0. The van der Waals surface area contributed by atoms with Crippen molar-refractivity contribution in [2.75, 3.05) is 5.32 Å². The molecule has 1 N–H and O–H groups in total. The van der Waals surface area contributed by atoms with E-state index in [0.717, 1.165) is 22.4 Å². The molecule has 0 bridgehead atoms. The maximum atomic E-state index is 12.3. The van der Waals surface area contributed by atoms with Crippen molar-refractivity contribution >= 4 is 17.6 Å². The zero-order chi connectivity index (χ0) is 18.6. The van der Waals surface area contributed by atoms with E-state index in [-0.39, 0.29) is 0 Å². The Kier molecular flexibility index (Phi) is 5.56. The first kappa shape index (κ1) is 18.2. The number of nitriles is 1. The molecular formula is C20H20N2O3. The highest BCUT2D eigenvalue weighted by atomic mass is 16.5. The van der Waals surface area contributed by atoms with Crippen molar-refractivity contribution in [2.45, 2.75) is 33.8 Å². The molecule has 0 aliphatic rings. The van der Waals surface area contributed by atoms with E-state index in [1.54, 1.807) is 0 Å². The van der Waals surface area contributed by atoms with Crippen molar-refractivity contribution in [3.8, 4) is 6.07 Å². The van der Waals surface area contributed by atoms with Crippen molar-refractivity contribution in [3.05, 3.63) is 64.2 Å². The molecule has 5 heteroatoms. The zero-order valence-electron chi connectivity index (χ0n) is 14.7. The summed E-state index contributed by atoms with van der Waals surface area (Å²) in [6, 6.07) is 12.0. The average molecular weight is 336 g/mol. The van der Waals surface area contributed by atoms with Crippen molar-refractivity contribution in [3.63, 3.8) is 0 Å². The number of aryl methyl sites for hydroxylation is 3. The summed E-state index contributed by atoms with van der Waals surface area (Å²) < 4.78 is 5.21. The largest absolute Gasteiger partial charge is 0.449 e. The Morgan fingerprint density at radius 3 is 2.16 bits per heavy atom. The van der Waals surface area contributed by atoms with E-state index in [4.69, 9.17) is 10.00 Å². The Morgan fingerprint density at radius 1 is 1.08 bits per heavy atom. The topological polar surface area (TPSA) is 79.2 Å². The predicted octanol–water partition coefficient (Wildman–Crippen LogP) is 3.67. The second-order valence-corrected chi connectivity index (χ2v) is 6.00. The molecule has 25 heavy (non-hydrogen) atoms. The summed E-state index contributed by atoms with van der Waals surface area (Å²) in [6.07, 6.45) is -0.941. The predicted molar refractivity (Wildman–Crippen MR) is 95.3 cm³/mol. The molecule has 1 atom stereocenters. The fourth-order valence-electron chi connectivity index (χ4n) is 2.56. The Bertz CT molecular complexity index is 825. The molecule has 0 aliphatic heterocycles. The number of nitrogens with zero attached hydrogens (tertiary/aromatic N) is 1. The van der Waals surface area contributed by atoms with Gasteiger partial charge in [0.1, 0.15) is 0 Å². The number of amides is 1. The van der Waals surface area contributed by atoms with E-state index in [1.165, 1.54) is 31.2 Å². The maximum Gasteiger partial charge on any atom is 0.338 e. The van der Waals surface area contributed by atoms with Gasteiger partial charge in [-0.05, 0) is 63.1 Å². The molecule has 0 aromatic heterocycles. The molecule has 5 nitrogen and oxygen atoms in total. The van der Waals surface area contributed by atoms with Gasteiger partial charge < -0.3 is 10.1 Å². The molecule has 2 aromatic rings. The van der Waals surface area contributed by atoms with Crippen LogP contribution in [0.25, 0.3) is 0 Å². The minimum absolute atomic E-state index is 0.293. The Labute approximate surface area is 147 Å². The van der Waals surface area contributed by atoms with Gasteiger partial charge in [0.25, 0.3) is 5.91 Å². The van der Waals surface area contributed by atoms with E-state index in [9.17, 15) is 9.59 Å². The van der Waals surface area contributed by atoms with E-state index in [2.05, 4.69) is 5.32 Å². The smallest absolute Gasteiger partial charge is 0.338 e. The third-order valence-corrected chi connectivity index (χ3v) is 3.83. The summed E-state index contributed by atoms with van der Waals surface area (Å²) in [6.45, 7) is 7.36. The molecule has 0 unspecified atom stereocenters. The number of hydrogen-bond acceptors (Lipinski definition) is 4. The highest BCUT2D eigenvalue weighted by Crippen LogP contribution is 2.22. The van der Waals surface area contributed by atoms with Crippen LogP contribution in [0.2, 0.25) is 0 Å². The summed E-state index contributed by atoms with van der Waals surface area (Å²) in [7, 11) is 0. The summed E-state index contributed by atoms with van der Waals surface area (Å²) in [5.74, 6) is -0.999. The summed E-state index contributed by atoms with van der Waals surface area (Å²) in [5, 5.41) is 11.6. The fourth-order valence-corrected chi connectivity index (χ4v) is 2.56. The van der Waals surface area contributed by atoms with Gasteiger partial charge in [-0.3, -0.25) is 4.79 Å². The van der Waals surface area contributed by atoms with Gasteiger partial charge in [-0.15, -0.1) is 0 Å². The third-order valence-electron chi connectivity index (χ3n) is 3.83. The summed E-state index contributed by atoms with van der Waals surface area (Å²) in [5.41, 5.74) is 4.51. The Hall–Kier alpha value is -3.13. The monoisotopic (exact) mass is 336 g/mol. The standard InChI is InChI=1S/C20H20N2O3/c1-12-9-13(2)18(14(3)10-12)22-19(23)15(4)25-20(24)17-7-5-16(11-21)6-8-17/h5-10,15H,1-4H3,(H,22,23)/t15-/m0/s1. The second kappa shape index (κ2) is 7.63. The molecule has 0 saturated heterocycles. The van der Waals surface area contributed by atoms with Gasteiger partial charge in [-0.1, -0.05) is 17.7 Å². The molecule has 0 fully saturated rings. The number of ether oxygens (including phenoxy) is 1. The number of carbonyl (C=O) groups excluding carboxylic acids is 2. The van der Waals surface area contributed by atoms with E-state index in [0.29, 0.717) is 11.1 Å². The van der Waals surface area contributed by atoms with E-state index >= 15 is 0 Å². The van der Waals surface area contributed by atoms with Gasteiger partial charge >= 0.3 is 5.97 Å². The number of benzene rings is 2. The molecule has 0 radical (unpaired) electrons. The minimum Gasteiger partial charge on any atom is -0.449 e. The molecule has 128 valence electrons. The van der Waals surface area contributed by atoms with Crippen LogP contribution in [0.1, 0.15) is 39.5 Å². The van der Waals surface area contributed by atoms with Crippen LogP contribution in [0.5, 0.6) is 0 Å². The molecule has 2 rings (SSSR count). The van der Waals surface area contributed by atoms with Crippen LogP contribution >= 0.6 is 0 Å². The van der Waals surface area contributed by atoms with Crippen molar-refractivity contribution in [1.82, 2.24) is 0 Å². The van der Waals surface area contributed by atoms with Crippen LogP contribution in [0.15, 0.2) is 36.4 Å². The van der Waals surface area contributed by atoms with E-state index in [1.807, 2.05) is 39.0 Å². The highest BCUT2D eigenvalue weighted by Gasteiger charge is 2.20.